The molecule has 1 aliphatic rings. The van der Waals surface area contributed by atoms with E-state index in [9.17, 15) is 13.2 Å². The summed E-state index contributed by atoms with van der Waals surface area (Å²) in [7, 11) is 0.884. The van der Waals surface area contributed by atoms with E-state index in [4.69, 9.17) is 18.9 Å². The molecule has 2 aromatic carbocycles. The molecule has 1 amide bonds. The van der Waals surface area contributed by atoms with Crippen LogP contribution in [-0.4, -0.2) is 66.3 Å². The van der Waals surface area contributed by atoms with Crippen LogP contribution >= 0.6 is 0 Å². The Labute approximate surface area is 188 Å². The first-order valence-corrected chi connectivity index (χ1v) is 11.6. The molecule has 0 bridgehead atoms. The number of carbonyl (C=O) groups excluding carboxylic acids is 1. The summed E-state index contributed by atoms with van der Waals surface area (Å²) in [4.78, 5) is 12.7. The Bertz CT molecular complexity index is 1050. The summed E-state index contributed by atoms with van der Waals surface area (Å²) in [5.41, 5.74) is 1.22. The summed E-state index contributed by atoms with van der Waals surface area (Å²) in [6, 6.07) is 9.92. The number of carbonyl (C=O) groups is 1. The Hall–Kier alpha value is -2.82. The van der Waals surface area contributed by atoms with Gasteiger partial charge in [0.1, 0.15) is 5.75 Å². The zero-order valence-corrected chi connectivity index (χ0v) is 19.2. The summed E-state index contributed by atoms with van der Waals surface area (Å²) >= 11 is 0. The number of morpholine rings is 1. The van der Waals surface area contributed by atoms with Crippen molar-refractivity contribution in [2.45, 2.75) is 17.7 Å². The first-order valence-electron chi connectivity index (χ1n) is 10.2. The Kier molecular flexibility index (Phi) is 7.94. The number of methoxy groups -OCH3 is 3. The summed E-state index contributed by atoms with van der Waals surface area (Å²) in [6.45, 7) is 1.30. The minimum absolute atomic E-state index is 0.0930. The molecule has 0 spiro atoms. The predicted molar refractivity (Wildman–Crippen MR) is 119 cm³/mol. The number of hydrogen-bond acceptors (Lipinski definition) is 7. The van der Waals surface area contributed by atoms with Gasteiger partial charge in [-0.25, -0.2) is 8.42 Å². The van der Waals surface area contributed by atoms with E-state index in [2.05, 4.69) is 5.32 Å². The van der Waals surface area contributed by atoms with Crippen LogP contribution in [0.25, 0.3) is 0 Å². The minimum Gasteiger partial charge on any atom is -0.495 e. The van der Waals surface area contributed by atoms with E-state index < -0.39 is 10.0 Å². The number of benzene rings is 2. The van der Waals surface area contributed by atoms with Crippen molar-refractivity contribution in [3.05, 3.63) is 42.0 Å². The van der Waals surface area contributed by atoms with Crippen molar-refractivity contribution < 1.29 is 32.2 Å². The summed E-state index contributed by atoms with van der Waals surface area (Å²) in [5.74, 6) is 1.32. The molecule has 1 saturated heterocycles. The van der Waals surface area contributed by atoms with Crippen molar-refractivity contribution in [3.8, 4) is 17.2 Å². The molecule has 0 unspecified atom stereocenters. The SMILES string of the molecule is COc1ccc(S(=O)(=O)N2CCOCC2)cc1NC(=O)CCc1ccc(OC)c(OC)c1. The molecular weight excluding hydrogens is 436 g/mol. The highest BCUT2D eigenvalue weighted by Crippen LogP contribution is 2.30. The fraction of sp³-hybridized carbons (Fsp3) is 0.409. The van der Waals surface area contributed by atoms with Crippen molar-refractivity contribution in [2.75, 3.05) is 52.9 Å². The standard InChI is InChI=1S/C22H28N2O7S/c1-28-19-8-6-17(32(26,27)24-10-12-31-13-11-24)15-18(19)23-22(25)9-5-16-4-7-20(29-2)21(14-16)30-3/h4,6-8,14-15H,5,9-13H2,1-3H3,(H,23,25). The first-order chi connectivity index (χ1) is 15.4. The Balaban J connectivity index is 1.72. The second kappa shape index (κ2) is 10.7. The van der Waals surface area contributed by atoms with Crippen molar-refractivity contribution in [2.24, 2.45) is 0 Å². The minimum atomic E-state index is -3.69. The zero-order valence-electron chi connectivity index (χ0n) is 18.4. The maximum atomic E-state index is 12.9. The van der Waals surface area contributed by atoms with Crippen molar-refractivity contribution in [1.29, 1.82) is 0 Å². The summed E-state index contributed by atoms with van der Waals surface area (Å²) < 4.78 is 48.3. The van der Waals surface area contributed by atoms with E-state index in [1.165, 1.54) is 29.6 Å². The number of rotatable bonds is 9. The third kappa shape index (κ3) is 5.50. The predicted octanol–water partition coefficient (Wildman–Crippen LogP) is 2.30. The van der Waals surface area contributed by atoms with Gasteiger partial charge in [-0.2, -0.15) is 4.31 Å². The molecule has 1 aliphatic heterocycles. The van der Waals surface area contributed by atoms with Crippen LogP contribution in [0.5, 0.6) is 17.2 Å². The number of ether oxygens (including phenoxy) is 4. The van der Waals surface area contributed by atoms with E-state index >= 15 is 0 Å². The van der Waals surface area contributed by atoms with E-state index in [-0.39, 0.29) is 17.2 Å². The molecule has 0 radical (unpaired) electrons. The highest BCUT2D eigenvalue weighted by atomic mass is 32.2. The van der Waals surface area contributed by atoms with E-state index in [1.807, 2.05) is 12.1 Å². The number of hydrogen-bond donors (Lipinski definition) is 1. The van der Waals surface area contributed by atoms with E-state index in [1.54, 1.807) is 20.3 Å². The molecule has 2 aromatic rings. The monoisotopic (exact) mass is 464 g/mol. The van der Waals surface area contributed by atoms with Crippen molar-refractivity contribution in [3.63, 3.8) is 0 Å². The van der Waals surface area contributed by atoms with Gasteiger partial charge in [-0.05, 0) is 42.3 Å². The molecule has 174 valence electrons. The third-order valence-corrected chi connectivity index (χ3v) is 7.04. The first kappa shape index (κ1) is 23.8. The van der Waals surface area contributed by atoms with Crippen LogP contribution in [0.1, 0.15) is 12.0 Å². The molecule has 10 heteroatoms. The molecule has 1 N–H and O–H groups in total. The van der Waals surface area contributed by atoms with Gasteiger partial charge >= 0.3 is 0 Å². The number of nitrogens with zero attached hydrogens (tertiary/aromatic N) is 1. The molecule has 0 atom stereocenters. The van der Waals surface area contributed by atoms with Gasteiger partial charge in [0.05, 0.1) is 45.1 Å². The van der Waals surface area contributed by atoms with E-state index in [0.29, 0.717) is 55.7 Å². The number of nitrogens with one attached hydrogen (secondary N) is 1. The largest absolute Gasteiger partial charge is 0.495 e. The molecule has 0 aromatic heterocycles. The van der Waals surface area contributed by atoms with Gasteiger partial charge in [-0.1, -0.05) is 6.07 Å². The lowest BCUT2D eigenvalue weighted by atomic mass is 10.1. The van der Waals surface area contributed by atoms with Gasteiger partial charge in [0.25, 0.3) is 0 Å². The maximum absolute atomic E-state index is 12.9. The van der Waals surface area contributed by atoms with Crippen molar-refractivity contribution >= 4 is 21.6 Å². The molecule has 9 nitrogen and oxygen atoms in total. The highest BCUT2D eigenvalue weighted by molar-refractivity contribution is 7.89. The topological polar surface area (TPSA) is 103 Å². The number of sulfonamides is 1. The van der Waals surface area contributed by atoms with Crippen LogP contribution in [0, 0.1) is 0 Å². The normalized spacial score (nSPS) is 14.6. The molecule has 3 rings (SSSR count). The fourth-order valence-corrected chi connectivity index (χ4v) is 4.82. The number of anilines is 1. The molecular formula is C22H28N2O7S. The van der Waals surface area contributed by atoms with Gasteiger partial charge in [0, 0.05) is 19.5 Å². The fourth-order valence-electron chi connectivity index (χ4n) is 3.39. The van der Waals surface area contributed by atoms with Crippen molar-refractivity contribution in [1.82, 2.24) is 4.31 Å². The lowest BCUT2D eigenvalue weighted by Gasteiger charge is -2.26. The van der Waals surface area contributed by atoms with Crippen LogP contribution in [0.15, 0.2) is 41.3 Å². The molecule has 1 fully saturated rings. The summed E-state index contributed by atoms with van der Waals surface area (Å²) in [5, 5.41) is 2.77. The lowest BCUT2D eigenvalue weighted by Crippen LogP contribution is -2.40. The van der Waals surface area contributed by atoms with Crippen LogP contribution in [0.2, 0.25) is 0 Å². The van der Waals surface area contributed by atoms with Crippen LogP contribution < -0.4 is 19.5 Å². The smallest absolute Gasteiger partial charge is 0.243 e. The van der Waals surface area contributed by atoms with Gasteiger partial charge < -0.3 is 24.3 Å². The Morgan fingerprint density at radius 2 is 1.62 bits per heavy atom. The average molecular weight is 465 g/mol. The second-order valence-corrected chi connectivity index (χ2v) is 9.05. The van der Waals surface area contributed by atoms with Crippen LogP contribution in [0.3, 0.4) is 0 Å². The molecule has 32 heavy (non-hydrogen) atoms. The maximum Gasteiger partial charge on any atom is 0.243 e. The number of aryl methyl sites for hydroxylation is 1. The van der Waals surface area contributed by atoms with Gasteiger partial charge in [-0.3, -0.25) is 4.79 Å². The average Bonchev–Trinajstić information content (AvgIpc) is 2.83. The third-order valence-electron chi connectivity index (χ3n) is 5.14. The highest BCUT2D eigenvalue weighted by Gasteiger charge is 2.27. The Morgan fingerprint density at radius 3 is 2.28 bits per heavy atom. The molecule has 0 saturated carbocycles. The van der Waals surface area contributed by atoms with Crippen LogP contribution in [0.4, 0.5) is 5.69 Å². The van der Waals surface area contributed by atoms with E-state index in [0.717, 1.165) is 5.56 Å². The van der Waals surface area contributed by atoms with Crippen LogP contribution in [-0.2, 0) is 26.0 Å². The second-order valence-electron chi connectivity index (χ2n) is 7.12. The lowest BCUT2D eigenvalue weighted by molar-refractivity contribution is -0.116. The zero-order chi connectivity index (χ0) is 23.1. The van der Waals surface area contributed by atoms with Gasteiger partial charge in [0.15, 0.2) is 11.5 Å². The van der Waals surface area contributed by atoms with Gasteiger partial charge in [0.2, 0.25) is 15.9 Å². The Morgan fingerprint density at radius 1 is 0.969 bits per heavy atom. The summed E-state index contributed by atoms with van der Waals surface area (Å²) in [6.07, 6.45) is 0.666. The van der Waals surface area contributed by atoms with Gasteiger partial charge in [-0.15, -0.1) is 0 Å². The molecule has 0 aliphatic carbocycles. The number of amides is 1. The quantitative estimate of drug-likeness (QED) is 0.607. The molecule has 1 heterocycles.